The molecule has 1 fully saturated rings. The van der Waals surface area contributed by atoms with Crippen LogP contribution in [-0.4, -0.2) is 39.1 Å². The van der Waals surface area contributed by atoms with Crippen LogP contribution in [-0.2, 0) is 5.21 Å². The number of carbonyl (C=O) groups is 1. The standard InChI is InChI=1S/C23H27N4O3/c1-22(2)12-16(23(3,4)27(22)29)14-10-9-13(11-18(14)30-5)21-25-17-8-6-7-15(20(24)28)19(17)26-21/h6-11,16H,12H2,1-5H3,(H2,24,28)(H,25,26). The molecule has 1 radical (unpaired) electrons. The zero-order valence-corrected chi connectivity index (χ0v) is 17.9. The van der Waals surface area contributed by atoms with Crippen LogP contribution in [0.4, 0.5) is 0 Å². The monoisotopic (exact) mass is 407 g/mol. The van der Waals surface area contributed by atoms with E-state index in [9.17, 15) is 10.0 Å². The lowest BCUT2D eigenvalue weighted by molar-refractivity contribution is -0.245. The zero-order valence-electron chi connectivity index (χ0n) is 17.9. The maximum atomic E-state index is 12.8. The van der Waals surface area contributed by atoms with E-state index < -0.39 is 17.0 Å². The number of aromatic amines is 1. The number of methoxy groups -OCH3 is 1. The quantitative estimate of drug-likeness (QED) is 0.681. The summed E-state index contributed by atoms with van der Waals surface area (Å²) in [7, 11) is 1.63. The molecule has 1 aliphatic heterocycles. The Balaban J connectivity index is 1.78. The molecule has 1 aliphatic rings. The Morgan fingerprint density at radius 1 is 1.23 bits per heavy atom. The van der Waals surface area contributed by atoms with Crippen LogP contribution >= 0.6 is 0 Å². The average molecular weight is 407 g/mol. The van der Waals surface area contributed by atoms with E-state index in [0.717, 1.165) is 23.1 Å². The molecule has 0 saturated carbocycles. The Bertz CT molecular complexity index is 1130. The number of ether oxygens (including phenoxy) is 1. The van der Waals surface area contributed by atoms with Crippen molar-refractivity contribution in [3.63, 3.8) is 0 Å². The lowest BCUT2D eigenvalue weighted by atomic mass is 9.81. The van der Waals surface area contributed by atoms with Gasteiger partial charge in [0, 0.05) is 17.0 Å². The van der Waals surface area contributed by atoms with Crippen molar-refractivity contribution in [2.24, 2.45) is 5.73 Å². The van der Waals surface area contributed by atoms with Gasteiger partial charge in [-0.2, -0.15) is 0 Å². The van der Waals surface area contributed by atoms with Gasteiger partial charge in [0.05, 0.1) is 23.7 Å². The first-order chi connectivity index (χ1) is 14.1. The SMILES string of the molecule is COc1cc(-c2nc3c(C(N)=O)cccc3[nH]2)ccc1C1CC(C)(C)N([O])C1(C)C. The van der Waals surface area contributed by atoms with Gasteiger partial charge in [-0.05, 0) is 57.9 Å². The largest absolute Gasteiger partial charge is 0.496 e. The molecule has 3 N–H and O–H groups in total. The van der Waals surface area contributed by atoms with Crippen LogP contribution in [0.15, 0.2) is 36.4 Å². The number of rotatable bonds is 4. The van der Waals surface area contributed by atoms with Crippen molar-refractivity contribution < 1.29 is 14.7 Å². The van der Waals surface area contributed by atoms with Crippen LogP contribution in [0.25, 0.3) is 22.4 Å². The Hall–Kier alpha value is -2.90. The molecule has 0 spiro atoms. The third kappa shape index (κ3) is 3.05. The summed E-state index contributed by atoms with van der Waals surface area (Å²) in [6.07, 6.45) is 0.742. The molecule has 7 nitrogen and oxygen atoms in total. The van der Waals surface area contributed by atoms with Gasteiger partial charge in [0.15, 0.2) is 0 Å². The number of benzene rings is 2. The third-order valence-corrected chi connectivity index (χ3v) is 6.29. The minimum Gasteiger partial charge on any atom is -0.496 e. The van der Waals surface area contributed by atoms with Gasteiger partial charge >= 0.3 is 0 Å². The van der Waals surface area contributed by atoms with E-state index in [-0.39, 0.29) is 5.92 Å². The maximum Gasteiger partial charge on any atom is 0.250 e. The fourth-order valence-corrected chi connectivity index (χ4v) is 4.76. The predicted molar refractivity (Wildman–Crippen MR) is 115 cm³/mol. The highest BCUT2D eigenvalue weighted by atomic mass is 16.5. The molecule has 2 heterocycles. The summed E-state index contributed by atoms with van der Waals surface area (Å²) >= 11 is 0. The molecule has 0 bridgehead atoms. The summed E-state index contributed by atoms with van der Waals surface area (Å²) in [6, 6.07) is 11.2. The normalized spacial score (nSPS) is 20.5. The number of H-pyrrole nitrogens is 1. The summed E-state index contributed by atoms with van der Waals surface area (Å²) in [4.78, 5) is 19.6. The van der Waals surface area contributed by atoms with E-state index in [0.29, 0.717) is 22.7 Å². The first-order valence-electron chi connectivity index (χ1n) is 10.0. The van der Waals surface area contributed by atoms with E-state index in [4.69, 9.17) is 10.5 Å². The van der Waals surface area contributed by atoms with Gasteiger partial charge in [0.1, 0.15) is 17.1 Å². The van der Waals surface area contributed by atoms with Crippen molar-refractivity contribution in [2.45, 2.75) is 51.1 Å². The van der Waals surface area contributed by atoms with Crippen molar-refractivity contribution in [3.05, 3.63) is 47.5 Å². The molecule has 1 aromatic heterocycles. The summed E-state index contributed by atoms with van der Waals surface area (Å²) in [5, 5.41) is 14.0. The number of amides is 1. The number of hydrogen-bond donors (Lipinski definition) is 2. The fraction of sp³-hybridized carbons (Fsp3) is 0.391. The maximum absolute atomic E-state index is 12.8. The number of carbonyl (C=O) groups excluding carboxylic acids is 1. The van der Waals surface area contributed by atoms with E-state index in [1.54, 1.807) is 19.2 Å². The Morgan fingerprint density at radius 2 is 1.97 bits per heavy atom. The molecule has 4 rings (SSSR count). The molecule has 7 heteroatoms. The average Bonchev–Trinajstić information content (AvgIpc) is 3.20. The van der Waals surface area contributed by atoms with Crippen LogP contribution in [0.2, 0.25) is 0 Å². The number of nitrogens with zero attached hydrogens (tertiary/aromatic N) is 2. The van der Waals surface area contributed by atoms with Crippen molar-refractivity contribution in [1.82, 2.24) is 15.0 Å². The number of primary amides is 1. The first kappa shape index (κ1) is 20.4. The molecule has 157 valence electrons. The van der Waals surface area contributed by atoms with E-state index in [1.807, 2.05) is 52.0 Å². The summed E-state index contributed by atoms with van der Waals surface area (Å²) in [5.74, 6) is 0.859. The fourth-order valence-electron chi connectivity index (χ4n) is 4.76. The molecule has 1 unspecified atom stereocenters. The molecule has 3 aromatic rings. The number of hydroxylamine groups is 2. The number of fused-ring (bicyclic) bond motifs is 1. The minimum absolute atomic E-state index is 0.0335. The van der Waals surface area contributed by atoms with Crippen LogP contribution in [0.5, 0.6) is 5.75 Å². The van der Waals surface area contributed by atoms with Crippen LogP contribution < -0.4 is 10.5 Å². The number of aromatic nitrogens is 2. The Morgan fingerprint density at radius 3 is 2.57 bits per heavy atom. The predicted octanol–water partition coefficient (Wildman–Crippen LogP) is 4.03. The molecule has 1 amide bonds. The van der Waals surface area contributed by atoms with E-state index >= 15 is 0 Å². The van der Waals surface area contributed by atoms with Gasteiger partial charge in [-0.15, -0.1) is 10.3 Å². The highest BCUT2D eigenvalue weighted by Gasteiger charge is 2.53. The van der Waals surface area contributed by atoms with Gasteiger partial charge in [-0.25, -0.2) is 4.98 Å². The molecule has 2 aromatic carbocycles. The van der Waals surface area contributed by atoms with E-state index in [2.05, 4.69) is 9.97 Å². The van der Waals surface area contributed by atoms with Crippen LogP contribution in [0.3, 0.4) is 0 Å². The van der Waals surface area contributed by atoms with Gasteiger partial charge < -0.3 is 15.5 Å². The molecule has 1 atom stereocenters. The molecule has 30 heavy (non-hydrogen) atoms. The number of nitrogens with one attached hydrogen (secondary N) is 1. The second-order valence-corrected chi connectivity index (χ2v) is 9.13. The second kappa shape index (κ2) is 6.82. The zero-order chi connectivity index (χ0) is 21.8. The molecule has 1 saturated heterocycles. The van der Waals surface area contributed by atoms with Crippen molar-refractivity contribution in [3.8, 4) is 17.1 Å². The van der Waals surface area contributed by atoms with Gasteiger partial charge in [0.25, 0.3) is 5.91 Å². The number of imidazole rings is 1. The van der Waals surface area contributed by atoms with Crippen LogP contribution in [0, 0.1) is 0 Å². The summed E-state index contributed by atoms with van der Waals surface area (Å²) < 4.78 is 5.72. The second-order valence-electron chi connectivity index (χ2n) is 9.13. The van der Waals surface area contributed by atoms with Gasteiger partial charge in [-0.1, -0.05) is 18.2 Å². The lowest BCUT2D eigenvalue weighted by Crippen LogP contribution is -2.45. The number of hydrogen-bond acceptors (Lipinski definition) is 4. The molecular weight excluding hydrogens is 380 g/mol. The number of para-hydroxylation sites is 1. The van der Waals surface area contributed by atoms with Crippen molar-refractivity contribution >= 4 is 16.9 Å². The topological polar surface area (TPSA) is 104 Å². The van der Waals surface area contributed by atoms with Gasteiger partial charge in [-0.3, -0.25) is 4.79 Å². The van der Waals surface area contributed by atoms with Crippen LogP contribution in [0.1, 0.15) is 56.0 Å². The first-order valence-corrected chi connectivity index (χ1v) is 10.0. The Kier molecular flexibility index (Phi) is 4.63. The minimum atomic E-state index is -0.548. The van der Waals surface area contributed by atoms with E-state index in [1.165, 1.54) is 5.06 Å². The van der Waals surface area contributed by atoms with Gasteiger partial charge in [0.2, 0.25) is 0 Å². The third-order valence-electron chi connectivity index (χ3n) is 6.29. The summed E-state index contributed by atoms with van der Waals surface area (Å²) in [6.45, 7) is 7.93. The highest BCUT2D eigenvalue weighted by Crippen LogP contribution is 2.51. The smallest absolute Gasteiger partial charge is 0.250 e. The molecular formula is C23H27N4O3. The Labute approximate surface area is 175 Å². The summed E-state index contributed by atoms with van der Waals surface area (Å²) in [5.41, 5.74) is 7.99. The molecule has 0 aliphatic carbocycles. The highest BCUT2D eigenvalue weighted by molar-refractivity contribution is 6.04. The van der Waals surface area contributed by atoms with Crippen molar-refractivity contribution in [1.29, 1.82) is 0 Å². The van der Waals surface area contributed by atoms with Crippen molar-refractivity contribution in [2.75, 3.05) is 7.11 Å². The number of nitrogens with two attached hydrogens (primary N) is 1. The lowest BCUT2D eigenvalue weighted by Gasteiger charge is -2.34.